The second-order valence-corrected chi connectivity index (χ2v) is 6.71. The number of hydrogen-bond acceptors (Lipinski definition) is 3. The number of aryl methyl sites for hydroxylation is 1. The van der Waals surface area contributed by atoms with Crippen LogP contribution in [-0.2, 0) is 6.42 Å². The van der Waals surface area contributed by atoms with Gasteiger partial charge in [0.25, 0.3) is 0 Å². The molecule has 2 aromatic rings. The van der Waals surface area contributed by atoms with E-state index in [1.807, 2.05) is 0 Å². The van der Waals surface area contributed by atoms with Gasteiger partial charge in [-0.15, -0.1) is 11.3 Å². The average molecular weight is 341 g/mol. The van der Waals surface area contributed by atoms with Gasteiger partial charge in [-0.2, -0.15) is 0 Å². The number of halogens is 2. The first-order chi connectivity index (χ1) is 9.19. The largest absolute Gasteiger partial charge is 0.330 e. The van der Waals surface area contributed by atoms with Gasteiger partial charge in [-0.25, -0.2) is 9.37 Å². The molecule has 0 radical (unpaired) electrons. The van der Waals surface area contributed by atoms with Crippen LogP contribution in [-0.4, -0.2) is 11.5 Å². The quantitative estimate of drug-likeness (QED) is 0.894. The van der Waals surface area contributed by atoms with Crippen molar-refractivity contribution < 1.29 is 4.39 Å². The van der Waals surface area contributed by atoms with E-state index in [1.165, 1.54) is 23.4 Å². The van der Waals surface area contributed by atoms with Crippen molar-refractivity contribution in [3.63, 3.8) is 0 Å². The summed E-state index contributed by atoms with van der Waals surface area (Å²) in [6.45, 7) is 0.654. The minimum atomic E-state index is -0.239. The Balaban J connectivity index is 2.05. The second kappa shape index (κ2) is 5.31. The fraction of sp³-hybridized carbons (Fsp3) is 0.357. The lowest BCUT2D eigenvalue weighted by atomic mass is 9.91. The number of rotatable bonds is 2. The molecule has 0 amide bonds. The molecule has 1 aliphatic rings. The van der Waals surface area contributed by atoms with Crippen molar-refractivity contribution in [2.24, 2.45) is 5.73 Å². The summed E-state index contributed by atoms with van der Waals surface area (Å²) in [6.07, 6.45) is 3.39. The Morgan fingerprint density at radius 2 is 2.32 bits per heavy atom. The highest BCUT2D eigenvalue weighted by atomic mass is 79.9. The molecule has 1 aromatic carbocycles. The zero-order valence-electron chi connectivity index (χ0n) is 10.3. The normalized spacial score (nSPS) is 18.4. The third-order valence-corrected chi connectivity index (χ3v) is 5.34. The molecule has 0 aliphatic heterocycles. The van der Waals surface area contributed by atoms with Crippen LogP contribution in [0, 0.1) is 5.82 Å². The molecule has 3 rings (SSSR count). The number of nitrogens with two attached hydrogens (primary N) is 1. The van der Waals surface area contributed by atoms with Gasteiger partial charge in [-0.1, -0.05) is 0 Å². The topological polar surface area (TPSA) is 38.9 Å². The monoisotopic (exact) mass is 340 g/mol. The Labute approximate surface area is 124 Å². The van der Waals surface area contributed by atoms with E-state index in [9.17, 15) is 4.39 Å². The minimum absolute atomic E-state index is 0.239. The van der Waals surface area contributed by atoms with Gasteiger partial charge < -0.3 is 5.73 Å². The van der Waals surface area contributed by atoms with Crippen LogP contribution in [0.4, 0.5) is 4.39 Å². The smallest absolute Gasteiger partial charge is 0.125 e. The lowest BCUT2D eigenvalue weighted by Crippen LogP contribution is -2.17. The molecule has 0 bridgehead atoms. The number of nitrogens with zero attached hydrogens (tertiary/aromatic N) is 1. The molecule has 2 N–H and O–H groups in total. The van der Waals surface area contributed by atoms with Gasteiger partial charge in [0, 0.05) is 27.4 Å². The van der Waals surface area contributed by atoms with Crippen molar-refractivity contribution in [2.75, 3.05) is 6.54 Å². The van der Waals surface area contributed by atoms with Crippen molar-refractivity contribution in [3.05, 3.63) is 39.1 Å². The molecule has 100 valence electrons. The van der Waals surface area contributed by atoms with Gasteiger partial charge in [0.2, 0.25) is 0 Å². The molecular weight excluding hydrogens is 327 g/mol. The van der Waals surface area contributed by atoms with Gasteiger partial charge in [0.15, 0.2) is 0 Å². The Kier molecular flexibility index (Phi) is 3.69. The molecule has 1 aliphatic carbocycles. The minimum Gasteiger partial charge on any atom is -0.330 e. The van der Waals surface area contributed by atoms with Gasteiger partial charge in [0.05, 0.1) is 5.69 Å². The number of thiazole rings is 1. The van der Waals surface area contributed by atoms with Crippen LogP contribution in [0.5, 0.6) is 0 Å². The standard InChI is InChI=1S/C14H14BrFN2S/c15-11-6-9(16)4-5-10(11)14-18-13-8(7-17)2-1-3-12(13)19-14/h4-6,8H,1-3,7,17H2. The summed E-state index contributed by atoms with van der Waals surface area (Å²) >= 11 is 5.12. The fourth-order valence-corrected chi connectivity index (χ4v) is 4.41. The molecule has 1 heterocycles. The van der Waals surface area contributed by atoms with E-state index in [4.69, 9.17) is 10.7 Å². The molecule has 0 spiro atoms. The molecule has 0 saturated heterocycles. The first-order valence-corrected chi connectivity index (χ1v) is 7.95. The van der Waals surface area contributed by atoms with Crippen LogP contribution >= 0.6 is 27.3 Å². The molecule has 1 aromatic heterocycles. The number of aromatic nitrogens is 1. The summed E-state index contributed by atoms with van der Waals surface area (Å²) in [4.78, 5) is 6.09. The predicted octanol–water partition coefficient (Wildman–Crippen LogP) is 4.09. The summed E-state index contributed by atoms with van der Waals surface area (Å²) in [5.41, 5.74) is 7.93. The van der Waals surface area contributed by atoms with Crippen LogP contribution in [0.3, 0.4) is 0 Å². The van der Waals surface area contributed by atoms with Crippen LogP contribution in [0.25, 0.3) is 10.6 Å². The summed E-state index contributed by atoms with van der Waals surface area (Å²) < 4.78 is 13.9. The highest BCUT2D eigenvalue weighted by Gasteiger charge is 2.24. The average Bonchev–Trinajstić information content (AvgIpc) is 2.81. The van der Waals surface area contributed by atoms with E-state index in [-0.39, 0.29) is 5.82 Å². The molecule has 5 heteroatoms. The molecule has 2 nitrogen and oxygen atoms in total. The van der Waals surface area contributed by atoms with Crippen molar-refractivity contribution in [2.45, 2.75) is 25.2 Å². The Hall–Kier alpha value is -0.780. The van der Waals surface area contributed by atoms with E-state index in [1.54, 1.807) is 17.4 Å². The predicted molar refractivity (Wildman–Crippen MR) is 79.9 cm³/mol. The van der Waals surface area contributed by atoms with E-state index in [0.29, 0.717) is 12.5 Å². The van der Waals surface area contributed by atoms with E-state index in [2.05, 4.69) is 15.9 Å². The Bertz CT molecular complexity index is 611. The van der Waals surface area contributed by atoms with Crippen LogP contribution < -0.4 is 5.73 Å². The van der Waals surface area contributed by atoms with Gasteiger partial charge in [-0.3, -0.25) is 0 Å². The summed E-state index contributed by atoms with van der Waals surface area (Å²) in [5.74, 6) is 0.143. The lowest BCUT2D eigenvalue weighted by molar-refractivity contribution is 0.554. The maximum Gasteiger partial charge on any atom is 0.125 e. The van der Waals surface area contributed by atoms with Crippen molar-refractivity contribution >= 4 is 27.3 Å². The number of fused-ring (bicyclic) bond motifs is 1. The van der Waals surface area contributed by atoms with E-state index >= 15 is 0 Å². The van der Waals surface area contributed by atoms with E-state index in [0.717, 1.165) is 33.6 Å². The lowest BCUT2D eigenvalue weighted by Gasteiger charge is -2.18. The Morgan fingerprint density at radius 3 is 3.05 bits per heavy atom. The van der Waals surface area contributed by atoms with E-state index < -0.39 is 0 Å². The number of hydrogen-bond donors (Lipinski definition) is 1. The highest BCUT2D eigenvalue weighted by Crippen LogP contribution is 2.39. The summed E-state index contributed by atoms with van der Waals surface area (Å²) in [6, 6.07) is 4.73. The van der Waals surface area contributed by atoms with Crippen LogP contribution in [0.2, 0.25) is 0 Å². The summed E-state index contributed by atoms with van der Waals surface area (Å²) in [5, 5.41) is 0.956. The van der Waals surface area contributed by atoms with Gasteiger partial charge in [-0.05, 0) is 53.4 Å². The van der Waals surface area contributed by atoms with Crippen molar-refractivity contribution in [1.82, 2.24) is 4.98 Å². The zero-order chi connectivity index (χ0) is 13.4. The molecule has 0 saturated carbocycles. The van der Waals surface area contributed by atoms with Crippen LogP contribution in [0.15, 0.2) is 22.7 Å². The number of benzene rings is 1. The van der Waals surface area contributed by atoms with Crippen molar-refractivity contribution in [3.8, 4) is 10.6 Å². The third-order valence-electron chi connectivity index (χ3n) is 3.52. The zero-order valence-corrected chi connectivity index (χ0v) is 12.7. The Morgan fingerprint density at radius 1 is 1.47 bits per heavy atom. The highest BCUT2D eigenvalue weighted by molar-refractivity contribution is 9.10. The molecular formula is C14H14BrFN2S. The maximum atomic E-state index is 13.1. The maximum absolute atomic E-state index is 13.1. The summed E-state index contributed by atoms with van der Waals surface area (Å²) in [7, 11) is 0. The molecule has 1 atom stereocenters. The fourth-order valence-electron chi connectivity index (χ4n) is 2.51. The SMILES string of the molecule is NCC1CCCc2sc(-c3ccc(F)cc3Br)nc21. The first kappa shape index (κ1) is 13.2. The van der Waals surface area contributed by atoms with Crippen LogP contribution in [0.1, 0.15) is 29.3 Å². The second-order valence-electron chi connectivity index (χ2n) is 4.78. The third kappa shape index (κ3) is 2.47. The van der Waals surface area contributed by atoms with Crippen molar-refractivity contribution in [1.29, 1.82) is 0 Å². The molecule has 0 fully saturated rings. The molecule has 19 heavy (non-hydrogen) atoms. The van der Waals surface area contributed by atoms with Gasteiger partial charge >= 0.3 is 0 Å². The molecule has 1 unspecified atom stereocenters. The first-order valence-electron chi connectivity index (χ1n) is 6.34. The van der Waals surface area contributed by atoms with Gasteiger partial charge in [0.1, 0.15) is 10.8 Å².